The molecule has 0 aliphatic heterocycles. The molecular weight excluding hydrogens is 208 g/mol. The highest BCUT2D eigenvalue weighted by Crippen LogP contribution is 2.06. The summed E-state index contributed by atoms with van der Waals surface area (Å²) in [5, 5.41) is 0. The molecule has 2 rings (SSSR count). The molecule has 0 saturated heterocycles. The quantitative estimate of drug-likeness (QED) is 0.526. The molecule has 0 aromatic carbocycles. The van der Waals surface area contributed by atoms with Crippen molar-refractivity contribution in [2.75, 3.05) is 5.43 Å². The molecule has 0 aliphatic carbocycles. The van der Waals surface area contributed by atoms with Crippen LogP contribution in [0.3, 0.4) is 0 Å². The van der Waals surface area contributed by atoms with Crippen LogP contribution < -0.4 is 17.0 Å². The highest BCUT2D eigenvalue weighted by molar-refractivity contribution is 5.32. The molecule has 82 valence electrons. The second-order valence-corrected chi connectivity index (χ2v) is 3.12. The first-order chi connectivity index (χ1) is 7.72. The number of rotatable bonds is 2. The van der Waals surface area contributed by atoms with Gasteiger partial charge in [0.25, 0.3) is 0 Å². The van der Waals surface area contributed by atoms with Crippen molar-refractivity contribution in [2.45, 2.75) is 6.92 Å². The maximum Gasteiger partial charge on any atom is 0.357 e. The summed E-state index contributed by atoms with van der Waals surface area (Å²) < 4.78 is 1.26. The molecule has 2 heterocycles. The maximum atomic E-state index is 11.6. The number of anilines is 1. The van der Waals surface area contributed by atoms with Crippen molar-refractivity contribution in [2.24, 2.45) is 5.84 Å². The van der Waals surface area contributed by atoms with Crippen LogP contribution in [0.4, 0.5) is 5.95 Å². The summed E-state index contributed by atoms with van der Waals surface area (Å²) in [4.78, 5) is 23.2. The van der Waals surface area contributed by atoms with Crippen LogP contribution in [-0.4, -0.2) is 19.5 Å². The zero-order valence-electron chi connectivity index (χ0n) is 8.58. The number of hydrogen-bond donors (Lipinski definition) is 2. The van der Waals surface area contributed by atoms with Crippen LogP contribution in [0, 0.1) is 6.92 Å². The van der Waals surface area contributed by atoms with Gasteiger partial charge < -0.3 is 0 Å². The Kier molecular flexibility index (Phi) is 2.61. The Labute approximate surface area is 91.0 Å². The zero-order chi connectivity index (χ0) is 11.5. The third-order valence-electron chi connectivity index (χ3n) is 2.04. The number of pyridine rings is 1. The third kappa shape index (κ3) is 1.75. The number of hydrazine groups is 1. The number of nitrogen functional groups attached to an aromatic ring is 1. The Morgan fingerprint density at radius 1 is 1.44 bits per heavy atom. The molecule has 2 aromatic heterocycles. The molecule has 2 aromatic rings. The zero-order valence-corrected chi connectivity index (χ0v) is 8.58. The van der Waals surface area contributed by atoms with E-state index in [2.05, 4.69) is 20.4 Å². The number of nitrogens with one attached hydrogen (secondary N) is 1. The lowest BCUT2D eigenvalue weighted by Crippen LogP contribution is -2.26. The van der Waals surface area contributed by atoms with E-state index in [9.17, 15) is 4.79 Å². The van der Waals surface area contributed by atoms with Gasteiger partial charge in [0.15, 0.2) is 0 Å². The summed E-state index contributed by atoms with van der Waals surface area (Å²) in [5.41, 5.74) is 2.59. The highest BCUT2D eigenvalue weighted by atomic mass is 16.1. The van der Waals surface area contributed by atoms with Crippen molar-refractivity contribution < 1.29 is 0 Å². The molecule has 0 saturated carbocycles. The Bertz CT molecular complexity index is 564. The van der Waals surface area contributed by atoms with E-state index in [4.69, 9.17) is 5.84 Å². The summed E-state index contributed by atoms with van der Waals surface area (Å²) in [5.74, 6) is 5.69. The molecule has 7 heteroatoms. The molecule has 0 unspecified atom stereocenters. The summed E-state index contributed by atoms with van der Waals surface area (Å²) in [7, 11) is 0. The number of nitrogens with two attached hydrogens (primary N) is 1. The van der Waals surface area contributed by atoms with E-state index < -0.39 is 5.69 Å². The number of aryl methyl sites for hydroxylation is 1. The average molecular weight is 218 g/mol. The molecular formula is C9H10N6O. The van der Waals surface area contributed by atoms with Gasteiger partial charge in [0.05, 0.1) is 0 Å². The van der Waals surface area contributed by atoms with Crippen LogP contribution in [0.2, 0.25) is 0 Å². The van der Waals surface area contributed by atoms with Crippen molar-refractivity contribution in [3.8, 4) is 5.82 Å². The Balaban J connectivity index is 2.58. The van der Waals surface area contributed by atoms with Gasteiger partial charge in [0.1, 0.15) is 12.1 Å². The van der Waals surface area contributed by atoms with Crippen molar-refractivity contribution in [1.82, 2.24) is 19.5 Å². The summed E-state index contributed by atoms with van der Waals surface area (Å²) >= 11 is 0. The number of aromatic nitrogens is 4. The van der Waals surface area contributed by atoms with E-state index in [-0.39, 0.29) is 5.95 Å². The highest BCUT2D eigenvalue weighted by Gasteiger charge is 2.06. The van der Waals surface area contributed by atoms with Crippen molar-refractivity contribution in [1.29, 1.82) is 0 Å². The van der Waals surface area contributed by atoms with Gasteiger partial charge in [-0.25, -0.2) is 25.2 Å². The number of hydrogen-bond acceptors (Lipinski definition) is 6. The average Bonchev–Trinajstić information content (AvgIpc) is 2.30. The smallest absolute Gasteiger partial charge is 0.292 e. The minimum Gasteiger partial charge on any atom is -0.292 e. The molecule has 0 atom stereocenters. The Morgan fingerprint density at radius 2 is 2.25 bits per heavy atom. The van der Waals surface area contributed by atoms with Gasteiger partial charge >= 0.3 is 5.69 Å². The van der Waals surface area contributed by atoms with Crippen LogP contribution in [-0.2, 0) is 0 Å². The van der Waals surface area contributed by atoms with Gasteiger partial charge in [-0.05, 0) is 18.6 Å². The van der Waals surface area contributed by atoms with E-state index in [1.54, 1.807) is 12.3 Å². The molecule has 0 bridgehead atoms. The predicted molar refractivity (Wildman–Crippen MR) is 58.0 cm³/mol. The van der Waals surface area contributed by atoms with Gasteiger partial charge in [0.2, 0.25) is 5.95 Å². The number of nitrogens with zero attached hydrogens (tertiary/aromatic N) is 4. The van der Waals surface area contributed by atoms with Gasteiger partial charge in [-0.1, -0.05) is 6.07 Å². The van der Waals surface area contributed by atoms with E-state index in [0.29, 0.717) is 5.82 Å². The van der Waals surface area contributed by atoms with E-state index in [1.165, 1.54) is 10.9 Å². The molecule has 16 heavy (non-hydrogen) atoms. The van der Waals surface area contributed by atoms with E-state index in [0.717, 1.165) is 5.56 Å². The first-order valence-corrected chi connectivity index (χ1v) is 4.56. The van der Waals surface area contributed by atoms with Gasteiger partial charge in [-0.15, -0.1) is 0 Å². The van der Waals surface area contributed by atoms with Crippen LogP contribution in [0.15, 0.2) is 29.5 Å². The van der Waals surface area contributed by atoms with Crippen LogP contribution in [0.25, 0.3) is 5.82 Å². The lowest BCUT2D eigenvalue weighted by molar-refractivity contribution is 0.829. The molecule has 7 nitrogen and oxygen atoms in total. The third-order valence-corrected chi connectivity index (χ3v) is 2.04. The second-order valence-electron chi connectivity index (χ2n) is 3.12. The largest absolute Gasteiger partial charge is 0.357 e. The van der Waals surface area contributed by atoms with Crippen LogP contribution in [0.1, 0.15) is 5.56 Å². The summed E-state index contributed by atoms with van der Waals surface area (Å²) in [6, 6.07) is 3.64. The SMILES string of the molecule is Cc1cccnc1-n1cnc(NN)nc1=O. The lowest BCUT2D eigenvalue weighted by atomic mass is 10.3. The van der Waals surface area contributed by atoms with Gasteiger partial charge in [-0.2, -0.15) is 4.98 Å². The van der Waals surface area contributed by atoms with Crippen molar-refractivity contribution in [3.05, 3.63) is 40.7 Å². The molecule has 0 amide bonds. The second kappa shape index (κ2) is 4.07. The summed E-state index contributed by atoms with van der Waals surface area (Å²) in [6.07, 6.45) is 2.93. The molecule has 0 spiro atoms. The topological polar surface area (TPSA) is 98.7 Å². The van der Waals surface area contributed by atoms with E-state index >= 15 is 0 Å². The molecule has 0 aliphatic rings. The first-order valence-electron chi connectivity index (χ1n) is 4.56. The molecule has 0 fully saturated rings. The predicted octanol–water partition coefficient (Wildman–Crippen LogP) is -0.383. The fraction of sp³-hybridized carbons (Fsp3) is 0.111. The van der Waals surface area contributed by atoms with E-state index in [1.807, 2.05) is 13.0 Å². The van der Waals surface area contributed by atoms with Gasteiger partial charge in [-0.3, -0.25) is 5.43 Å². The monoisotopic (exact) mass is 218 g/mol. The molecule has 0 radical (unpaired) electrons. The van der Waals surface area contributed by atoms with Crippen LogP contribution in [0.5, 0.6) is 0 Å². The Morgan fingerprint density at radius 3 is 2.88 bits per heavy atom. The first kappa shape index (κ1) is 10.2. The normalized spacial score (nSPS) is 10.1. The minimum atomic E-state index is -0.482. The minimum absolute atomic E-state index is 0.0786. The maximum absolute atomic E-state index is 11.6. The summed E-state index contributed by atoms with van der Waals surface area (Å²) in [6.45, 7) is 1.85. The van der Waals surface area contributed by atoms with Crippen molar-refractivity contribution in [3.63, 3.8) is 0 Å². The van der Waals surface area contributed by atoms with Gasteiger partial charge in [0, 0.05) is 6.20 Å². The Hall–Kier alpha value is -2.28. The fourth-order valence-electron chi connectivity index (χ4n) is 1.28. The van der Waals surface area contributed by atoms with Crippen LogP contribution >= 0.6 is 0 Å². The fourth-order valence-corrected chi connectivity index (χ4v) is 1.28. The lowest BCUT2D eigenvalue weighted by Gasteiger charge is -2.06. The van der Waals surface area contributed by atoms with Crippen molar-refractivity contribution >= 4 is 5.95 Å². The standard InChI is InChI=1S/C9H10N6O/c1-6-3-2-4-11-7(6)15-5-12-8(14-10)13-9(15)16/h2-5H,10H2,1H3,(H,13,14,16). The molecule has 3 N–H and O–H groups in total.